The molecule has 0 bridgehead atoms. The van der Waals surface area contributed by atoms with Gasteiger partial charge in [0.2, 0.25) is 5.69 Å². The normalized spacial score (nSPS) is 10.7. The molecule has 0 spiro atoms. The second-order valence-electron chi connectivity index (χ2n) is 7.87. The minimum Gasteiger partial charge on any atom is -0.346 e. The zero-order valence-electron chi connectivity index (χ0n) is 18.5. The van der Waals surface area contributed by atoms with Gasteiger partial charge in [0, 0.05) is 6.54 Å². The van der Waals surface area contributed by atoms with Crippen LogP contribution in [-0.4, -0.2) is 20.3 Å². The Morgan fingerprint density at radius 3 is 2.36 bits per heavy atom. The van der Waals surface area contributed by atoms with E-state index in [1.54, 1.807) is 18.2 Å². The molecule has 0 aliphatic heterocycles. The van der Waals surface area contributed by atoms with Crippen LogP contribution >= 0.6 is 0 Å². The smallest absolute Gasteiger partial charge is 0.346 e. The third kappa shape index (κ3) is 4.82. The second-order valence-corrected chi connectivity index (χ2v) is 7.87. The third-order valence-electron chi connectivity index (χ3n) is 5.41. The molecule has 3 aromatic carbocycles. The van der Waals surface area contributed by atoms with E-state index in [1.165, 1.54) is 0 Å². The molecule has 1 aromatic heterocycles. The van der Waals surface area contributed by atoms with E-state index >= 15 is 0 Å². The van der Waals surface area contributed by atoms with Gasteiger partial charge in [-0.05, 0) is 48.2 Å². The molecule has 1 heterocycles. The number of hydrogen-bond acceptors (Lipinski definition) is 4. The van der Waals surface area contributed by atoms with Crippen molar-refractivity contribution in [3.05, 3.63) is 128 Å². The number of aryl methyl sites for hydroxylation is 2. The van der Waals surface area contributed by atoms with Gasteiger partial charge in [0.15, 0.2) is 0 Å². The molecule has 0 fully saturated rings. The highest BCUT2D eigenvalue weighted by Crippen LogP contribution is 2.09. The van der Waals surface area contributed by atoms with Gasteiger partial charge in [-0.25, -0.2) is 4.79 Å². The van der Waals surface area contributed by atoms with E-state index in [1.807, 2.05) is 74.5 Å². The summed E-state index contributed by atoms with van der Waals surface area (Å²) >= 11 is 0. The predicted molar refractivity (Wildman–Crippen MR) is 127 cm³/mol. The summed E-state index contributed by atoms with van der Waals surface area (Å²) in [6, 6.07) is 24.1. The lowest BCUT2D eigenvalue weighted by molar-refractivity contribution is 0.0941. The highest BCUT2D eigenvalue weighted by atomic mass is 16.2. The number of carbonyl (C=O) groups excluding carboxylic acids is 1. The molecular formula is C26H24N4O3. The maximum Gasteiger partial charge on any atom is 0.352 e. The summed E-state index contributed by atoms with van der Waals surface area (Å²) in [4.78, 5) is 39.5. The molecule has 0 saturated heterocycles. The Bertz CT molecular complexity index is 1420. The minimum absolute atomic E-state index is 0.0393. The summed E-state index contributed by atoms with van der Waals surface area (Å²) in [6.07, 6.45) is 0. The number of aromatic nitrogens is 3. The van der Waals surface area contributed by atoms with Crippen molar-refractivity contribution < 1.29 is 4.79 Å². The molecule has 1 amide bonds. The van der Waals surface area contributed by atoms with E-state index in [4.69, 9.17) is 0 Å². The molecule has 4 aromatic rings. The molecule has 0 aliphatic carbocycles. The molecule has 0 atom stereocenters. The van der Waals surface area contributed by atoms with Crippen LogP contribution < -0.4 is 16.6 Å². The molecule has 0 unspecified atom stereocenters. The van der Waals surface area contributed by atoms with E-state index in [9.17, 15) is 14.4 Å². The van der Waals surface area contributed by atoms with Gasteiger partial charge >= 0.3 is 5.69 Å². The van der Waals surface area contributed by atoms with Crippen LogP contribution in [0.1, 0.15) is 32.7 Å². The maximum atomic E-state index is 13.3. The predicted octanol–water partition coefficient (Wildman–Crippen LogP) is 2.99. The third-order valence-corrected chi connectivity index (χ3v) is 5.41. The van der Waals surface area contributed by atoms with Crippen LogP contribution in [-0.2, 0) is 13.1 Å². The molecule has 33 heavy (non-hydrogen) atoms. The van der Waals surface area contributed by atoms with Gasteiger partial charge < -0.3 is 5.32 Å². The highest BCUT2D eigenvalue weighted by molar-refractivity contribution is 5.91. The number of carbonyl (C=O) groups is 1. The van der Waals surface area contributed by atoms with Crippen LogP contribution in [0.25, 0.3) is 5.69 Å². The lowest BCUT2D eigenvalue weighted by Crippen LogP contribution is -2.46. The van der Waals surface area contributed by atoms with E-state index in [0.717, 1.165) is 31.5 Å². The number of amides is 1. The summed E-state index contributed by atoms with van der Waals surface area (Å²) in [6.45, 7) is 4.08. The zero-order chi connectivity index (χ0) is 23.4. The fraction of sp³-hybridized carbons (Fsp3) is 0.154. The number of benzene rings is 3. The summed E-state index contributed by atoms with van der Waals surface area (Å²) in [5.74, 6) is -0.635. The van der Waals surface area contributed by atoms with Crippen LogP contribution in [0.2, 0.25) is 0 Å². The fourth-order valence-corrected chi connectivity index (χ4v) is 3.54. The second kappa shape index (κ2) is 9.48. The van der Waals surface area contributed by atoms with Crippen molar-refractivity contribution >= 4 is 5.91 Å². The molecule has 0 saturated carbocycles. The molecule has 7 nitrogen and oxygen atoms in total. The Balaban J connectivity index is 1.80. The van der Waals surface area contributed by atoms with Gasteiger partial charge in [0.25, 0.3) is 11.5 Å². The molecule has 0 radical (unpaired) electrons. The van der Waals surface area contributed by atoms with Crippen molar-refractivity contribution in [3.63, 3.8) is 0 Å². The minimum atomic E-state index is -0.724. The van der Waals surface area contributed by atoms with Gasteiger partial charge in [0.1, 0.15) is 0 Å². The first kappa shape index (κ1) is 22.0. The Kier molecular flexibility index (Phi) is 6.31. The van der Waals surface area contributed by atoms with Crippen molar-refractivity contribution in [1.82, 2.24) is 19.7 Å². The lowest BCUT2D eigenvalue weighted by Gasteiger charge is -2.13. The standard InChI is InChI=1S/C26H24N4O3/c1-18-9-8-14-22(15-18)30-26(33)29(17-21-13-7-6-10-19(21)2)25(32)23(28-30)24(31)27-16-20-11-4-3-5-12-20/h3-15H,16-17H2,1-2H3,(H,27,31). The quantitative estimate of drug-likeness (QED) is 0.499. The Morgan fingerprint density at radius 2 is 1.64 bits per heavy atom. The first-order valence-corrected chi connectivity index (χ1v) is 10.6. The maximum absolute atomic E-state index is 13.3. The van der Waals surface area contributed by atoms with Crippen LogP contribution in [0.4, 0.5) is 0 Å². The molecule has 166 valence electrons. The first-order chi connectivity index (χ1) is 15.9. The first-order valence-electron chi connectivity index (χ1n) is 10.6. The molecule has 4 rings (SSSR count). The number of nitrogens with one attached hydrogen (secondary N) is 1. The average molecular weight is 441 g/mol. The van der Waals surface area contributed by atoms with Crippen LogP contribution in [0.15, 0.2) is 88.5 Å². The van der Waals surface area contributed by atoms with Gasteiger partial charge in [0.05, 0.1) is 12.2 Å². The van der Waals surface area contributed by atoms with Crippen molar-refractivity contribution in [2.24, 2.45) is 0 Å². The van der Waals surface area contributed by atoms with E-state index < -0.39 is 17.2 Å². The zero-order valence-corrected chi connectivity index (χ0v) is 18.5. The van der Waals surface area contributed by atoms with E-state index in [2.05, 4.69) is 10.4 Å². The average Bonchev–Trinajstić information content (AvgIpc) is 2.82. The molecule has 0 aliphatic rings. The molecule has 7 heteroatoms. The Labute approximate surface area is 191 Å². The molecule has 1 N–H and O–H groups in total. The highest BCUT2D eigenvalue weighted by Gasteiger charge is 2.20. The molecular weight excluding hydrogens is 416 g/mol. The van der Waals surface area contributed by atoms with Crippen molar-refractivity contribution in [2.45, 2.75) is 26.9 Å². The van der Waals surface area contributed by atoms with Gasteiger partial charge in [-0.1, -0.05) is 66.7 Å². The van der Waals surface area contributed by atoms with Gasteiger partial charge in [-0.2, -0.15) is 9.78 Å². The van der Waals surface area contributed by atoms with Crippen LogP contribution in [0, 0.1) is 13.8 Å². The van der Waals surface area contributed by atoms with Crippen LogP contribution in [0.5, 0.6) is 0 Å². The number of nitrogens with zero attached hydrogens (tertiary/aromatic N) is 3. The van der Waals surface area contributed by atoms with Gasteiger partial charge in [-0.3, -0.25) is 14.2 Å². The summed E-state index contributed by atoms with van der Waals surface area (Å²) in [7, 11) is 0. The Hall–Kier alpha value is -4.26. The Morgan fingerprint density at radius 1 is 0.909 bits per heavy atom. The monoisotopic (exact) mass is 440 g/mol. The topological polar surface area (TPSA) is 86.0 Å². The summed E-state index contributed by atoms with van der Waals surface area (Å²) in [5.41, 5.74) is 2.39. The SMILES string of the molecule is Cc1cccc(-n2nc(C(=O)NCc3ccccc3)c(=O)n(Cc3ccccc3C)c2=O)c1. The number of rotatable bonds is 6. The van der Waals surface area contributed by atoms with Crippen LogP contribution in [0.3, 0.4) is 0 Å². The van der Waals surface area contributed by atoms with E-state index in [-0.39, 0.29) is 18.8 Å². The lowest BCUT2D eigenvalue weighted by atomic mass is 10.1. The summed E-state index contributed by atoms with van der Waals surface area (Å²) < 4.78 is 2.18. The fourth-order valence-electron chi connectivity index (χ4n) is 3.54. The van der Waals surface area contributed by atoms with Crippen molar-refractivity contribution in [1.29, 1.82) is 0 Å². The van der Waals surface area contributed by atoms with Crippen molar-refractivity contribution in [2.75, 3.05) is 0 Å². The number of hydrogen-bond donors (Lipinski definition) is 1. The van der Waals surface area contributed by atoms with E-state index in [0.29, 0.717) is 5.69 Å². The summed E-state index contributed by atoms with van der Waals surface area (Å²) in [5, 5.41) is 6.92. The van der Waals surface area contributed by atoms with Gasteiger partial charge in [-0.15, -0.1) is 0 Å². The largest absolute Gasteiger partial charge is 0.352 e. The van der Waals surface area contributed by atoms with Crippen molar-refractivity contribution in [3.8, 4) is 5.69 Å².